The van der Waals surface area contributed by atoms with Crippen LogP contribution in [-0.4, -0.2) is 21.5 Å². The van der Waals surface area contributed by atoms with Gasteiger partial charge < -0.3 is 5.32 Å². The maximum Gasteiger partial charge on any atom is 0.163 e. The van der Waals surface area contributed by atoms with Gasteiger partial charge in [-0.25, -0.2) is 9.97 Å². The van der Waals surface area contributed by atoms with Crippen LogP contribution in [0.2, 0.25) is 0 Å². The second kappa shape index (κ2) is 5.77. The highest BCUT2D eigenvalue weighted by Crippen LogP contribution is 2.30. The van der Waals surface area contributed by atoms with E-state index in [1.165, 1.54) is 0 Å². The Bertz CT molecular complexity index is 801. The van der Waals surface area contributed by atoms with E-state index >= 15 is 0 Å². The molecule has 0 fully saturated rings. The van der Waals surface area contributed by atoms with Crippen LogP contribution in [0.5, 0.6) is 0 Å². The number of fused-ring (bicyclic) bond motifs is 1. The van der Waals surface area contributed by atoms with Crippen LogP contribution in [0, 0.1) is 6.92 Å². The van der Waals surface area contributed by atoms with E-state index in [-0.39, 0.29) is 0 Å². The van der Waals surface area contributed by atoms with Gasteiger partial charge in [-0.15, -0.1) is 0 Å². The lowest BCUT2D eigenvalue weighted by Crippen LogP contribution is -2.03. The van der Waals surface area contributed by atoms with Crippen molar-refractivity contribution in [1.82, 2.24) is 15.0 Å². The molecule has 0 unspecified atom stereocenters. The van der Waals surface area contributed by atoms with Crippen molar-refractivity contribution in [1.29, 1.82) is 0 Å². The lowest BCUT2D eigenvalue weighted by Gasteiger charge is -2.09. The fraction of sp³-hybridized carbons (Fsp3) is 0.188. The van der Waals surface area contributed by atoms with Crippen molar-refractivity contribution >= 4 is 32.7 Å². The Labute approximate surface area is 131 Å². The molecule has 0 saturated carbocycles. The topological polar surface area (TPSA) is 50.7 Å². The minimum absolute atomic E-state index is 0.696. The average molecular weight is 343 g/mol. The zero-order valence-corrected chi connectivity index (χ0v) is 13.5. The highest BCUT2D eigenvalue weighted by molar-refractivity contribution is 9.10. The van der Waals surface area contributed by atoms with Gasteiger partial charge in [0.1, 0.15) is 5.82 Å². The Hall–Kier alpha value is -2.01. The average Bonchev–Trinajstić information content (AvgIpc) is 2.47. The minimum atomic E-state index is 0.696. The van der Waals surface area contributed by atoms with Crippen molar-refractivity contribution in [3.8, 4) is 11.4 Å². The molecule has 5 heteroatoms. The summed E-state index contributed by atoms with van der Waals surface area (Å²) >= 11 is 3.56. The number of pyridine rings is 1. The number of nitrogens with zero attached hydrogens (tertiary/aromatic N) is 3. The number of nitrogens with one attached hydrogen (secondary N) is 1. The second-order valence-corrected chi connectivity index (χ2v) is 5.60. The van der Waals surface area contributed by atoms with Crippen molar-refractivity contribution in [3.63, 3.8) is 0 Å². The van der Waals surface area contributed by atoms with Crippen LogP contribution in [0.15, 0.2) is 41.0 Å². The van der Waals surface area contributed by atoms with Gasteiger partial charge in [-0.2, -0.15) is 0 Å². The van der Waals surface area contributed by atoms with E-state index in [4.69, 9.17) is 0 Å². The molecule has 0 amide bonds. The molecule has 0 saturated heterocycles. The summed E-state index contributed by atoms with van der Waals surface area (Å²) in [6.07, 6.45) is 1.79. The van der Waals surface area contributed by atoms with Crippen LogP contribution in [0.4, 0.5) is 5.82 Å². The fourth-order valence-corrected chi connectivity index (χ4v) is 2.73. The number of hydrogen-bond acceptors (Lipinski definition) is 4. The van der Waals surface area contributed by atoms with E-state index in [2.05, 4.69) is 36.2 Å². The zero-order chi connectivity index (χ0) is 14.8. The Kier molecular flexibility index (Phi) is 3.84. The summed E-state index contributed by atoms with van der Waals surface area (Å²) in [5, 5.41) is 4.30. The number of aryl methyl sites for hydroxylation is 1. The van der Waals surface area contributed by atoms with E-state index in [0.717, 1.165) is 39.0 Å². The highest BCUT2D eigenvalue weighted by atomic mass is 79.9. The monoisotopic (exact) mass is 342 g/mol. The summed E-state index contributed by atoms with van der Waals surface area (Å²) in [6, 6.07) is 9.93. The first-order chi connectivity index (χ1) is 10.2. The Morgan fingerprint density at radius 3 is 2.86 bits per heavy atom. The summed E-state index contributed by atoms with van der Waals surface area (Å²) in [4.78, 5) is 13.6. The third kappa shape index (κ3) is 2.74. The molecule has 2 heterocycles. The van der Waals surface area contributed by atoms with E-state index in [1.807, 2.05) is 44.2 Å². The van der Waals surface area contributed by atoms with Crippen molar-refractivity contribution in [2.75, 3.05) is 11.9 Å². The number of anilines is 1. The number of rotatable bonds is 3. The van der Waals surface area contributed by atoms with Crippen LogP contribution in [0.1, 0.15) is 12.6 Å². The summed E-state index contributed by atoms with van der Waals surface area (Å²) in [5.74, 6) is 1.54. The SMILES string of the molecule is CCNc1cc(C)nc(-c2ccc(Br)c3cccnc23)n1. The van der Waals surface area contributed by atoms with Gasteiger partial charge in [-0.05, 0) is 32.0 Å². The molecule has 3 rings (SSSR count). The maximum atomic E-state index is 4.60. The summed E-state index contributed by atoms with van der Waals surface area (Å²) < 4.78 is 1.02. The molecule has 0 bridgehead atoms. The molecule has 0 aliphatic carbocycles. The summed E-state index contributed by atoms with van der Waals surface area (Å²) in [6.45, 7) is 4.85. The van der Waals surface area contributed by atoms with Gasteiger partial charge in [0.2, 0.25) is 0 Å². The second-order valence-electron chi connectivity index (χ2n) is 4.74. The predicted molar refractivity (Wildman–Crippen MR) is 89.4 cm³/mol. The molecule has 1 N–H and O–H groups in total. The number of aromatic nitrogens is 3. The third-order valence-corrected chi connectivity index (χ3v) is 3.86. The number of benzene rings is 1. The first-order valence-corrected chi connectivity index (χ1v) is 7.61. The van der Waals surface area contributed by atoms with Crippen molar-refractivity contribution in [2.24, 2.45) is 0 Å². The molecule has 21 heavy (non-hydrogen) atoms. The highest BCUT2D eigenvalue weighted by Gasteiger charge is 2.11. The first-order valence-electron chi connectivity index (χ1n) is 6.82. The molecular weight excluding hydrogens is 328 g/mol. The Balaban J connectivity index is 2.23. The van der Waals surface area contributed by atoms with Gasteiger partial charge in [0.25, 0.3) is 0 Å². The minimum Gasteiger partial charge on any atom is -0.370 e. The van der Waals surface area contributed by atoms with Gasteiger partial charge in [-0.1, -0.05) is 22.0 Å². The van der Waals surface area contributed by atoms with Crippen LogP contribution in [0.3, 0.4) is 0 Å². The normalized spacial score (nSPS) is 10.8. The molecule has 0 aliphatic heterocycles. The predicted octanol–water partition coefficient (Wildman–Crippen LogP) is 4.19. The molecule has 1 aromatic carbocycles. The van der Waals surface area contributed by atoms with Crippen LogP contribution in [-0.2, 0) is 0 Å². The van der Waals surface area contributed by atoms with Crippen LogP contribution < -0.4 is 5.32 Å². The van der Waals surface area contributed by atoms with Crippen molar-refractivity contribution < 1.29 is 0 Å². The molecule has 0 aliphatic rings. The lowest BCUT2D eigenvalue weighted by atomic mass is 10.1. The maximum absolute atomic E-state index is 4.60. The van der Waals surface area contributed by atoms with Gasteiger partial charge in [0.05, 0.1) is 5.52 Å². The number of hydrogen-bond donors (Lipinski definition) is 1. The largest absolute Gasteiger partial charge is 0.370 e. The Morgan fingerprint density at radius 2 is 2.05 bits per heavy atom. The molecule has 0 spiro atoms. The van der Waals surface area contributed by atoms with Crippen molar-refractivity contribution in [2.45, 2.75) is 13.8 Å². The molecule has 3 aromatic rings. The van der Waals surface area contributed by atoms with Gasteiger partial charge in [0.15, 0.2) is 5.82 Å². The first kappa shape index (κ1) is 13.9. The van der Waals surface area contributed by atoms with E-state index in [1.54, 1.807) is 6.20 Å². The van der Waals surface area contributed by atoms with Crippen LogP contribution in [0.25, 0.3) is 22.3 Å². The molecule has 0 atom stereocenters. The fourth-order valence-electron chi connectivity index (χ4n) is 2.28. The van der Waals surface area contributed by atoms with E-state index < -0.39 is 0 Å². The van der Waals surface area contributed by atoms with E-state index in [0.29, 0.717) is 5.82 Å². The van der Waals surface area contributed by atoms with Gasteiger partial charge >= 0.3 is 0 Å². The standard InChI is InChI=1S/C16H15BrN4/c1-3-18-14-9-10(2)20-16(21-14)12-6-7-13(17)11-5-4-8-19-15(11)12/h4-9H,3H2,1-2H3,(H,18,20,21). The van der Waals surface area contributed by atoms with E-state index in [9.17, 15) is 0 Å². The smallest absolute Gasteiger partial charge is 0.163 e. The van der Waals surface area contributed by atoms with Crippen molar-refractivity contribution in [3.05, 3.63) is 46.7 Å². The summed E-state index contributed by atoms with van der Waals surface area (Å²) in [7, 11) is 0. The van der Waals surface area contributed by atoms with Gasteiger partial charge in [0, 0.05) is 39.9 Å². The molecule has 0 radical (unpaired) electrons. The zero-order valence-electron chi connectivity index (χ0n) is 11.9. The Morgan fingerprint density at radius 1 is 1.19 bits per heavy atom. The number of halogens is 1. The van der Waals surface area contributed by atoms with Gasteiger partial charge in [-0.3, -0.25) is 4.98 Å². The summed E-state index contributed by atoms with van der Waals surface area (Å²) in [5.41, 5.74) is 2.78. The quantitative estimate of drug-likeness (QED) is 0.775. The molecule has 106 valence electrons. The molecular formula is C16H15BrN4. The third-order valence-electron chi connectivity index (χ3n) is 3.17. The van der Waals surface area contributed by atoms with Crippen LogP contribution >= 0.6 is 15.9 Å². The molecule has 4 nitrogen and oxygen atoms in total. The molecule has 2 aromatic heterocycles. The lowest BCUT2D eigenvalue weighted by molar-refractivity contribution is 1.08.